The highest BCUT2D eigenvalue weighted by Gasteiger charge is 2.33. The molecule has 0 spiro atoms. The Hall–Kier alpha value is -0.300. The van der Waals surface area contributed by atoms with Gasteiger partial charge in [-0.2, -0.15) is 0 Å². The van der Waals surface area contributed by atoms with Crippen LogP contribution in [0.1, 0.15) is 13.3 Å². The van der Waals surface area contributed by atoms with Crippen molar-refractivity contribution in [2.75, 3.05) is 6.61 Å². The van der Waals surface area contributed by atoms with Crippen LogP contribution in [0.2, 0.25) is 0 Å². The van der Waals surface area contributed by atoms with E-state index in [9.17, 15) is 0 Å². The van der Waals surface area contributed by atoms with E-state index in [0.29, 0.717) is 18.4 Å². The van der Waals surface area contributed by atoms with Gasteiger partial charge in [0.05, 0.1) is 0 Å². The molecule has 1 rings (SSSR count). The van der Waals surface area contributed by atoms with Crippen molar-refractivity contribution < 1.29 is 5.11 Å². The van der Waals surface area contributed by atoms with Crippen LogP contribution in [0.4, 0.5) is 0 Å². The first kappa shape index (κ1) is 5.83. The molecule has 2 atom stereocenters. The van der Waals surface area contributed by atoms with Crippen molar-refractivity contribution in [3.8, 4) is 0 Å². The van der Waals surface area contributed by atoms with E-state index in [1.54, 1.807) is 0 Å². The van der Waals surface area contributed by atoms with Crippen LogP contribution in [0.3, 0.4) is 0 Å². The maximum absolute atomic E-state index is 8.57. The molecule has 1 N–H and O–H groups in total. The average molecular weight is 112 g/mol. The zero-order chi connectivity index (χ0) is 5.98. The Morgan fingerprint density at radius 3 is 2.88 bits per heavy atom. The van der Waals surface area contributed by atoms with E-state index >= 15 is 0 Å². The van der Waals surface area contributed by atoms with Crippen LogP contribution in [0.15, 0.2) is 12.2 Å². The van der Waals surface area contributed by atoms with Gasteiger partial charge < -0.3 is 5.11 Å². The molecule has 1 aliphatic carbocycles. The largest absolute Gasteiger partial charge is 0.396 e. The van der Waals surface area contributed by atoms with Gasteiger partial charge in [-0.15, -0.1) is 0 Å². The van der Waals surface area contributed by atoms with Crippen molar-refractivity contribution in [3.05, 3.63) is 12.2 Å². The fourth-order valence-corrected chi connectivity index (χ4v) is 0.964. The summed E-state index contributed by atoms with van der Waals surface area (Å²) in [6.45, 7) is 2.39. The molecule has 0 bridgehead atoms. The Labute approximate surface area is 50.0 Å². The molecule has 0 aromatic heterocycles. The molecule has 46 valence electrons. The van der Waals surface area contributed by atoms with Crippen LogP contribution in [0.5, 0.6) is 0 Å². The lowest BCUT2D eigenvalue weighted by Gasteiger charge is -1.82. The predicted molar refractivity (Wildman–Crippen MR) is 33.5 cm³/mol. The maximum Gasteiger partial charge on any atom is 0.0465 e. The number of aliphatic hydroxyl groups excluding tert-OH is 1. The Balaban J connectivity index is 2.17. The molecule has 1 nitrogen and oxygen atoms in total. The van der Waals surface area contributed by atoms with Gasteiger partial charge in [0.25, 0.3) is 0 Å². The fraction of sp³-hybridized carbons (Fsp3) is 0.714. The third-order valence-corrected chi connectivity index (χ3v) is 1.65. The van der Waals surface area contributed by atoms with Crippen LogP contribution in [-0.4, -0.2) is 11.7 Å². The highest BCUT2D eigenvalue weighted by molar-refractivity contribution is 5.00. The molecule has 0 aromatic carbocycles. The molecule has 0 aromatic rings. The smallest absolute Gasteiger partial charge is 0.0465 e. The molecular weight excluding hydrogens is 100 g/mol. The fourth-order valence-electron chi connectivity index (χ4n) is 0.964. The van der Waals surface area contributed by atoms with Crippen molar-refractivity contribution in [2.45, 2.75) is 13.3 Å². The first-order valence-corrected chi connectivity index (χ1v) is 3.12. The summed E-state index contributed by atoms with van der Waals surface area (Å²) in [6, 6.07) is 0. The number of rotatable bonds is 2. The predicted octanol–water partition coefficient (Wildman–Crippen LogP) is 1.19. The van der Waals surface area contributed by atoms with Gasteiger partial charge in [0.1, 0.15) is 0 Å². The molecule has 1 saturated carbocycles. The molecule has 0 saturated heterocycles. The van der Waals surface area contributed by atoms with Crippen molar-refractivity contribution >= 4 is 0 Å². The summed E-state index contributed by atoms with van der Waals surface area (Å²) in [7, 11) is 0. The minimum Gasteiger partial charge on any atom is -0.396 e. The van der Waals surface area contributed by atoms with Crippen LogP contribution in [-0.2, 0) is 0 Å². The van der Waals surface area contributed by atoms with Gasteiger partial charge in [-0.1, -0.05) is 12.2 Å². The highest BCUT2D eigenvalue weighted by atomic mass is 16.3. The Kier molecular flexibility index (Phi) is 1.69. The summed E-state index contributed by atoms with van der Waals surface area (Å²) < 4.78 is 0. The van der Waals surface area contributed by atoms with Crippen molar-refractivity contribution in [1.82, 2.24) is 0 Å². The van der Waals surface area contributed by atoms with E-state index in [2.05, 4.69) is 12.2 Å². The quantitative estimate of drug-likeness (QED) is 0.532. The van der Waals surface area contributed by atoms with E-state index in [1.165, 1.54) is 6.42 Å². The van der Waals surface area contributed by atoms with Crippen LogP contribution >= 0.6 is 0 Å². The lowest BCUT2D eigenvalue weighted by molar-refractivity contribution is 0.272. The zero-order valence-corrected chi connectivity index (χ0v) is 5.17. The molecule has 8 heavy (non-hydrogen) atoms. The van der Waals surface area contributed by atoms with Gasteiger partial charge in [-0.05, 0) is 25.2 Å². The first-order chi connectivity index (χ1) is 3.88. The molecular formula is C7H12O. The normalized spacial score (nSPS) is 36.2. The second-order valence-corrected chi connectivity index (χ2v) is 2.37. The average Bonchev–Trinajstić information content (AvgIpc) is 2.48. The zero-order valence-electron chi connectivity index (χ0n) is 5.17. The summed E-state index contributed by atoms with van der Waals surface area (Å²) in [4.78, 5) is 0. The van der Waals surface area contributed by atoms with Gasteiger partial charge in [0, 0.05) is 6.61 Å². The number of allylic oxidation sites excluding steroid dienone is 2. The lowest BCUT2D eigenvalue weighted by Crippen LogP contribution is -1.84. The molecule has 0 aliphatic heterocycles. The van der Waals surface area contributed by atoms with Gasteiger partial charge in [-0.3, -0.25) is 0 Å². The minimum atomic E-state index is 0.370. The number of hydrogen-bond acceptors (Lipinski definition) is 1. The summed E-state index contributed by atoms with van der Waals surface area (Å²) in [5.41, 5.74) is 0. The molecule has 0 unspecified atom stereocenters. The minimum absolute atomic E-state index is 0.370. The third kappa shape index (κ3) is 1.10. The van der Waals surface area contributed by atoms with E-state index in [4.69, 9.17) is 5.11 Å². The Morgan fingerprint density at radius 2 is 2.50 bits per heavy atom. The van der Waals surface area contributed by atoms with E-state index < -0.39 is 0 Å². The van der Waals surface area contributed by atoms with Gasteiger partial charge >= 0.3 is 0 Å². The summed E-state index contributed by atoms with van der Waals surface area (Å²) in [5, 5.41) is 8.57. The molecule has 1 aliphatic rings. The topological polar surface area (TPSA) is 20.2 Å². The molecule has 1 heteroatoms. The SMILES string of the molecule is C/C=C/[C@@H]1C[C@@H]1CO. The van der Waals surface area contributed by atoms with Crippen LogP contribution < -0.4 is 0 Å². The van der Waals surface area contributed by atoms with E-state index in [-0.39, 0.29) is 0 Å². The number of aliphatic hydroxyl groups is 1. The van der Waals surface area contributed by atoms with Gasteiger partial charge in [-0.25, -0.2) is 0 Å². The highest BCUT2D eigenvalue weighted by Crippen LogP contribution is 2.38. The summed E-state index contributed by atoms with van der Waals surface area (Å²) in [6.07, 6.45) is 5.42. The molecule has 0 amide bonds. The standard InChI is InChI=1S/C7H12O/c1-2-3-6-4-7(6)5-8/h2-3,6-8H,4-5H2,1H3/b3-2+/t6-,7-/m1/s1. The molecule has 1 fully saturated rings. The van der Waals surface area contributed by atoms with Crippen molar-refractivity contribution in [2.24, 2.45) is 11.8 Å². The van der Waals surface area contributed by atoms with Crippen LogP contribution in [0.25, 0.3) is 0 Å². The van der Waals surface area contributed by atoms with E-state index in [0.717, 1.165) is 0 Å². The van der Waals surface area contributed by atoms with Crippen molar-refractivity contribution in [3.63, 3.8) is 0 Å². The Morgan fingerprint density at radius 1 is 1.75 bits per heavy atom. The summed E-state index contributed by atoms with van der Waals surface area (Å²) in [5.74, 6) is 1.29. The van der Waals surface area contributed by atoms with Gasteiger partial charge in [0.15, 0.2) is 0 Å². The maximum atomic E-state index is 8.57. The van der Waals surface area contributed by atoms with Crippen molar-refractivity contribution in [1.29, 1.82) is 0 Å². The molecule has 0 heterocycles. The van der Waals surface area contributed by atoms with Gasteiger partial charge in [0.2, 0.25) is 0 Å². The monoisotopic (exact) mass is 112 g/mol. The molecule has 0 radical (unpaired) electrons. The lowest BCUT2D eigenvalue weighted by atomic mass is 10.3. The third-order valence-electron chi connectivity index (χ3n) is 1.65. The summed E-state index contributed by atoms with van der Waals surface area (Å²) >= 11 is 0. The first-order valence-electron chi connectivity index (χ1n) is 3.12. The van der Waals surface area contributed by atoms with Crippen LogP contribution in [0, 0.1) is 11.8 Å². The second kappa shape index (κ2) is 2.31. The number of hydrogen-bond donors (Lipinski definition) is 1. The Bertz CT molecular complexity index is 96.6. The van der Waals surface area contributed by atoms with E-state index in [1.807, 2.05) is 6.92 Å². The second-order valence-electron chi connectivity index (χ2n) is 2.37.